The lowest BCUT2D eigenvalue weighted by Crippen LogP contribution is -2.39. The van der Waals surface area contributed by atoms with Crippen LogP contribution in [0.5, 0.6) is 0 Å². The summed E-state index contributed by atoms with van der Waals surface area (Å²) >= 11 is 1.68. The van der Waals surface area contributed by atoms with Crippen molar-refractivity contribution in [3.63, 3.8) is 0 Å². The fourth-order valence-electron chi connectivity index (χ4n) is 1.81. The number of hydrogen-bond donors (Lipinski definition) is 3. The van der Waals surface area contributed by atoms with E-state index in [9.17, 15) is 4.79 Å². The number of rotatable bonds is 6. The molecule has 6 nitrogen and oxygen atoms in total. The Labute approximate surface area is 153 Å². The number of nitrogens with one attached hydrogen (secondary N) is 3. The highest BCUT2D eigenvalue weighted by Gasteiger charge is 2.07. The lowest BCUT2D eigenvalue weighted by atomic mass is 10.3. The Balaban J connectivity index is 0.00000441. The van der Waals surface area contributed by atoms with Gasteiger partial charge < -0.3 is 16.0 Å². The van der Waals surface area contributed by atoms with Gasteiger partial charge in [-0.25, -0.2) is 4.98 Å². The number of aromatic nitrogens is 1. The van der Waals surface area contributed by atoms with Crippen LogP contribution in [-0.2, 0) is 11.3 Å². The molecule has 8 heteroatoms. The molecule has 126 valence electrons. The second-order valence-corrected chi connectivity index (χ2v) is 6.35. The number of thiazole rings is 1. The Bertz CT molecular complexity index is 501. The molecule has 0 spiro atoms. The monoisotopic (exact) mass is 439 g/mol. The van der Waals surface area contributed by atoms with Crippen molar-refractivity contribution in [1.29, 1.82) is 0 Å². The van der Waals surface area contributed by atoms with E-state index in [0.717, 1.165) is 10.7 Å². The molecule has 0 aromatic carbocycles. The SMILES string of the molecule is CN=C(NCCC(=O)NC(C)C)NCc1sc(C)nc1C.I. The summed E-state index contributed by atoms with van der Waals surface area (Å²) in [4.78, 5) is 21.3. The first kappa shape index (κ1) is 21.1. The van der Waals surface area contributed by atoms with Crippen molar-refractivity contribution < 1.29 is 4.79 Å². The first-order valence-corrected chi connectivity index (χ1v) is 7.90. The minimum absolute atomic E-state index is 0. The molecular formula is C14H26IN5OS. The summed E-state index contributed by atoms with van der Waals surface area (Å²) in [5.41, 5.74) is 1.05. The summed E-state index contributed by atoms with van der Waals surface area (Å²) in [6.07, 6.45) is 0.428. The molecule has 3 N–H and O–H groups in total. The van der Waals surface area contributed by atoms with Crippen LogP contribution in [0.25, 0.3) is 0 Å². The van der Waals surface area contributed by atoms with Gasteiger partial charge in [0.15, 0.2) is 5.96 Å². The highest BCUT2D eigenvalue weighted by molar-refractivity contribution is 14.0. The van der Waals surface area contributed by atoms with Crippen LogP contribution in [0.15, 0.2) is 4.99 Å². The van der Waals surface area contributed by atoms with E-state index >= 15 is 0 Å². The lowest BCUT2D eigenvalue weighted by molar-refractivity contribution is -0.121. The zero-order valence-electron chi connectivity index (χ0n) is 13.8. The van der Waals surface area contributed by atoms with Gasteiger partial charge in [-0.05, 0) is 27.7 Å². The average molecular weight is 439 g/mol. The van der Waals surface area contributed by atoms with E-state index in [-0.39, 0.29) is 35.9 Å². The van der Waals surface area contributed by atoms with Gasteiger partial charge in [0.2, 0.25) is 5.91 Å². The Morgan fingerprint density at radius 3 is 2.50 bits per heavy atom. The molecule has 0 unspecified atom stereocenters. The molecule has 0 aliphatic carbocycles. The number of amides is 1. The Morgan fingerprint density at radius 1 is 1.32 bits per heavy atom. The topological polar surface area (TPSA) is 78.4 Å². The number of nitrogens with zero attached hydrogens (tertiary/aromatic N) is 2. The fourth-order valence-corrected chi connectivity index (χ4v) is 2.69. The third-order valence-electron chi connectivity index (χ3n) is 2.73. The van der Waals surface area contributed by atoms with Gasteiger partial charge in [-0.15, -0.1) is 35.3 Å². The Morgan fingerprint density at radius 2 is 2.00 bits per heavy atom. The van der Waals surface area contributed by atoms with Crippen LogP contribution >= 0.6 is 35.3 Å². The van der Waals surface area contributed by atoms with Crippen LogP contribution < -0.4 is 16.0 Å². The summed E-state index contributed by atoms with van der Waals surface area (Å²) in [6, 6.07) is 0.174. The van der Waals surface area contributed by atoms with Crippen molar-refractivity contribution in [3.05, 3.63) is 15.6 Å². The highest BCUT2D eigenvalue weighted by Crippen LogP contribution is 2.16. The largest absolute Gasteiger partial charge is 0.356 e. The second-order valence-electron chi connectivity index (χ2n) is 5.07. The zero-order valence-corrected chi connectivity index (χ0v) is 17.0. The molecule has 1 rings (SSSR count). The fraction of sp³-hybridized carbons (Fsp3) is 0.643. The van der Waals surface area contributed by atoms with E-state index in [0.29, 0.717) is 25.5 Å². The van der Waals surface area contributed by atoms with Gasteiger partial charge in [0, 0.05) is 30.9 Å². The summed E-state index contributed by atoms with van der Waals surface area (Å²) in [7, 11) is 1.72. The number of carbonyl (C=O) groups is 1. The molecular weight excluding hydrogens is 413 g/mol. The van der Waals surface area contributed by atoms with Crippen LogP contribution in [0.1, 0.15) is 35.8 Å². The number of hydrogen-bond acceptors (Lipinski definition) is 4. The Hall–Kier alpha value is -0.900. The van der Waals surface area contributed by atoms with Gasteiger partial charge in [0.05, 0.1) is 17.2 Å². The van der Waals surface area contributed by atoms with E-state index in [2.05, 4.69) is 25.9 Å². The van der Waals surface area contributed by atoms with Crippen molar-refractivity contribution in [2.75, 3.05) is 13.6 Å². The maximum Gasteiger partial charge on any atom is 0.221 e. The number of aliphatic imine (C=N–C) groups is 1. The molecule has 0 saturated heterocycles. The van der Waals surface area contributed by atoms with Crippen molar-refractivity contribution in [3.8, 4) is 0 Å². The summed E-state index contributed by atoms with van der Waals surface area (Å²) in [5.74, 6) is 0.736. The molecule has 1 aromatic rings. The maximum atomic E-state index is 11.5. The van der Waals surface area contributed by atoms with Gasteiger partial charge in [-0.2, -0.15) is 0 Å². The van der Waals surface area contributed by atoms with Crippen LogP contribution in [0.4, 0.5) is 0 Å². The van der Waals surface area contributed by atoms with Crippen LogP contribution in [0.2, 0.25) is 0 Å². The van der Waals surface area contributed by atoms with Gasteiger partial charge in [-0.3, -0.25) is 9.79 Å². The molecule has 0 fully saturated rings. The summed E-state index contributed by atoms with van der Waals surface area (Å²) in [5, 5.41) is 10.3. The molecule has 1 amide bonds. The standard InChI is InChI=1S/C14H25N5OS.HI/c1-9(2)18-13(20)6-7-16-14(15-5)17-8-12-10(3)19-11(4)21-12;/h9H,6-8H2,1-5H3,(H,18,20)(H2,15,16,17);1H. The van der Waals surface area contributed by atoms with Gasteiger partial charge >= 0.3 is 0 Å². The van der Waals surface area contributed by atoms with Gasteiger partial charge in [0.25, 0.3) is 0 Å². The highest BCUT2D eigenvalue weighted by atomic mass is 127. The molecule has 1 aromatic heterocycles. The molecule has 0 aliphatic heterocycles. The number of carbonyl (C=O) groups excluding carboxylic acids is 1. The van der Waals surface area contributed by atoms with Crippen molar-refractivity contribution in [1.82, 2.24) is 20.9 Å². The van der Waals surface area contributed by atoms with E-state index < -0.39 is 0 Å². The smallest absolute Gasteiger partial charge is 0.221 e. The second kappa shape index (κ2) is 10.8. The average Bonchev–Trinajstić information content (AvgIpc) is 2.71. The van der Waals surface area contributed by atoms with Crippen molar-refractivity contribution in [2.24, 2.45) is 4.99 Å². The first-order chi connectivity index (χ1) is 9.92. The minimum atomic E-state index is 0. The van der Waals surface area contributed by atoms with Gasteiger partial charge in [0.1, 0.15) is 0 Å². The molecule has 0 saturated carbocycles. The number of guanidine groups is 1. The summed E-state index contributed by atoms with van der Waals surface area (Å²) in [6.45, 7) is 9.15. The predicted molar refractivity (Wildman–Crippen MR) is 103 cm³/mol. The van der Waals surface area contributed by atoms with Crippen molar-refractivity contribution >= 4 is 47.2 Å². The molecule has 0 atom stereocenters. The first-order valence-electron chi connectivity index (χ1n) is 7.09. The normalized spacial score (nSPS) is 11.1. The molecule has 0 radical (unpaired) electrons. The minimum Gasteiger partial charge on any atom is -0.356 e. The van der Waals surface area contributed by atoms with E-state index in [1.807, 2.05) is 27.7 Å². The Kier molecular flexibility index (Phi) is 10.3. The number of halogens is 1. The van der Waals surface area contributed by atoms with E-state index in [1.54, 1.807) is 18.4 Å². The van der Waals surface area contributed by atoms with E-state index in [1.165, 1.54) is 4.88 Å². The zero-order chi connectivity index (χ0) is 15.8. The van der Waals surface area contributed by atoms with Crippen LogP contribution in [0, 0.1) is 13.8 Å². The maximum absolute atomic E-state index is 11.5. The molecule has 0 bridgehead atoms. The predicted octanol–water partition coefficient (Wildman–Crippen LogP) is 1.96. The number of aryl methyl sites for hydroxylation is 2. The lowest BCUT2D eigenvalue weighted by Gasteiger charge is -2.12. The van der Waals surface area contributed by atoms with E-state index in [4.69, 9.17) is 0 Å². The summed E-state index contributed by atoms with van der Waals surface area (Å²) < 4.78 is 0. The molecule has 1 heterocycles. The molecule has 0 aliphatic rings. The molecule has 22 heavy (non-hydrogen) atoms. The third-order valence-corrected chi connectivity index (χ3v) is 3.81. The van der Waals surface area contributed by atoms with Crippen LogP contribution in [-0.4, -0.2) is 36.5 Å². The quantitative estimate of drug-likeness (QED) is 0.360. The van der Waals surface area contributed by atoms with Crippen LogP contribution in [0.3, 0.4) is 0 Å². The van der Waals surface area contributed by atoms with Crippen molar-refractivity contribution in [2.45, 2.75) is 46.7 Å². The van der Waals surface area contributed by atoms with Gasteiger partial charge in [-0.1, -0.05) is 0 Å². The third kappa shape index (κ3) is 7.92.